The van der Waals surface area contributed by atoms with Crippen molar-refractivity contribution < 1.29 is 4.39 Å². The largest absolute Gasteiger partial charge is 0.314 e. The van der Waals surface area contributed by atoms with Crippen molar-refractivity contribution in [2.75, 3.05) is 26.2 Å². The topological polar surface area (TPSA) is 15.3 Å². The minimum absolute atomic E-state index is 0.0618. The minimum atomic E-state index is -0.0618. The Morgan fingerprint density at radius 1 is 1.28 bits per heavy atom. The van der Waals surface area contributed by atoms with E-state index in [9.17, 15) is 4.39 Å². The average Bonchev–Trinajstić information content (AvgIpc) is 3.21. The molecule has 1 saturated heterocycles. The number of hydrogen-bond acceptors (Lipinski definition) is 2. The molecule has 1 N–H and O–H groups in total. The predicted molar refractivity (Wildman–Crippen MR) is 71.0 cm³/mol. The van der Waals surface area contributed by atoms with Gasteiger partial charge in [0.05, 0.1) is 0 Å². The molecule has 0 amide bonds. The molecule has 0 radical (unpaired) electrons. The van der Waals surface area contributed by atoms with E-state index in [4.69, 9.17) is 0 Å². The first-order valence-electron chi connectivity index (χ1n) is 6.97. The van der Waals surface area contributed by atoms with Crippen LogP contribution in [0.2, 0.25) is 0 Å². The highest BCUT2D eigenvalue weighted by molar-refractivity contribution is 5.31. The lowest BCUT2D eigenvalue weighted by Crippen LogP contribution is -2.45. The molecule has 98 valence electrons. The summed E-state index contributed by atoms with van der Waals surface area (Å²) in [5.41, 5.74) is 2.05. The van der Waals surface area contributed by atoms with E-state index in [1.54, 1.807) is 6.07 Å². The van der Waals surface area contributed by atoms with E-state index < -0.39 is 0 Å². The highest BCUT2D eigenvalue weighted by Gasteiger charge is 2.37. The van der Waals surface area contributed by atoms with Gasteiger partial charge in [-0.2, -0.15) is 0 Å². The van der Waals surface area contributed by atoms with Crippen LogP contribution in [0.3, 0.4) is 0 Å². The zero-order valence-electron chi connectivity index (χ0n) is 11.0. The molecular weight excluding hydrogens is 227 g/mol. The number of rotatable bonds is 3. The SMILES string of the molecule is Cc1c(F)cccc1[C@H](C1CC1)N1CCNCC1. The van der Waals surface area contributed by atoms with Crippen molar-refractivity contribution in [2.24, 2.45) is 5.92 Å². The summed E-state index contributed by atoms with van der Waals surface area (Å²) in [6, 6.07) is 5.97. The zero-order valence-corrected chi connectivity index (χ0v) is 11.0. The molecule has 1 atom stereocenters. The van der Waals surface area contributed by atoms with Crippen molar-refractivity contribution in [3.63, 3.8) is 0 Å². The molecular formula is C15H21FN2. The van der Waals surface area contributed by atoms with Crippen LogP contribution in [-0.4, -0.2) is 31.1 Å². The molecule has 3 heteroatoms. The molecule has 3 rings (SSSR count). The Morgan fingerprint density at radius 2 is 2.00 bits per heavy atom. The van der Waals surface area contributed by atoms with Crippen LogP contribution >= 0.6 is 0 Å². The summed E-state index contributed by atoms with van der Waals surface area (Å²) >= 11 is 0. The Balaban J connectivity index is 1.90. The molecule has 1 heterocycles. The maximum atomic E-state index is 13.8. The van der Waals surface area contributed by atoms with Crippen LogP contribution < -0.4 is 5.32 Å². The molecule has 2 fully saturated rings. The standard InChI is InChI=1S/C15H21FN2/c1-11-13(3-2-4-14(11)16)15(12-5-6-12)18-9-7-17-8-10-18/h2-4,12,15,17H,5-10H2,1H3/t15-/m0/s1. The third-order valence-electron chi connectivity index (χ3n) is 4.24. The Kier molecular flexibility index (Phi) is 3.35. The molecule has 0 spiro atoms. The van der Waals surface area contributed by atoms with Crippen molar-refractivity contribution in [2.45, 2.75) is 25.8 Å². The van der Waals surface area contributed by atoms with Gasteiger partial charge in [-0.3, -0.25) is 4.90 Å². The fraction of sp³-hybridized carbons (Fsp3) is 0.600. The fourth-order valence-electron chi connectivity index (χ4n) is 3.07. The molecule has 1 aliphatic carbocycles. The van der Waals surface area contributed by atoms with E-state index in [-0.39, 0.29) is 5.82 Å². The molecule has 1 aromatic rings. The lowest BCUT2D eigenvalue weighted by molar-refractivity contribution is 0.155. The van der Waals surface area contributed by atoms with Crippen LogP contribution in [0.25, 0.3) is 0 Å². The second kappa shape index (κ2) is 4.98. The number of nitrogens with zero attached hydrogens (tertiary/aromatic N) is 1. The van der Waals surface area contributed by atoms with Gasteiger partial charge in [-0.25, -0.2) is 4.39 Å². The van der Waals surface area contributed by atoms with Crippen molar-refractivity contribution in [1.29, 1.82) is 0 Å². The molecule has 2 aliphatic rings. The molecule has 1 saturated carbocycles. The van der Waals surface area contributed by atoms with Crippen LogP contribution in [0.15, 0.2) is 18.2 Å². The molecule has 1 aromatic carbocycles. The zero-order chi connectivity index (χ0) is 12.5. The molecule has 2 nitrogen and oxygen atoms in total. The number of benzene rings is 1. The number of halogens is 1. The third-order valence-corrected chi connectivity index (χ3v) is 4.24. The highest BCUT2D eigenvalue weighted by Crippen LogP contribution is 2.45. The van der Waals surface area contributed by atoms with Gasteiger partial charge >= 0.3 is 0 Å². The summed E-state index contributed by atoms with van der Waals surface area (Å²) in [5.74, 6) is 0.678. The first-order chi connectivity index (χ1) is 8.77. The maximum Gasteiger partial charge on any atom is 0.126 e. The van der Waals surface area contributed by atoms with Gasteiger partial charge in [0.25, 0.3) is 0 Å². The molecule has 1 aliphatic heterocycles. The van der Waals surface area contributed by atoms with E-state index in [0.717, 1.165) is 37.7 Å². The van der Waals surface area contributed by atoms with Crippen LogP contribution in [0.1, 0.15) is 30.0 Å². The summed E-state index contributed by atoms with van der Waals surface area (Å²) in [6.45, 7) is 6.19. The molecule has 0 aromatic heterocycles. The Bertz CT molecular complexity index is 423. The molecule has 0 bridgehead atoms. The van der Waals surface area contributed by atoms with Crippen molar-refractivity contribution in [3.05, 3.63) is 35.1 Å². The van der Waals surface area contributed by atoms with Gasteiger partial charge in [0.2, 0.25) is 0 Å². The Hall–Kier alpha value is -0.930. The van der Waals surface area contributed by atoms with E-state index in [0.29, 0.717) is 6.04 Å². The Morgan fingerprint density at radius 3 is 2.67 bits per heavy atom. The van der Waals surface area contributed by atoms with Crippen LogP contribution in [0.4, 0.5) is 4.39 Å². The highest BCUT2D eigenvalue weighted by atomic mass is 19.1. The lowest BCUT2D eigenvalue weighted by Gasteiger charge is -2.36. The van der Waals surface area contributed by atoms with Gasteiger partial charge in [0.15, 0.2) is 0 Å². The average molecular weight is 248 g/mol. The van der Waals surface area contributed by atoms with Crippen molar-refractivity contribution in [1.82, 2.24) is 10.2 Å². The normalized spacial score (nSPS) is 23.0. The van der Waals surface area contributed by atoms with Gasteiger partial charge in [-0.1, -0.05) is 12.1 Å². The molecule has 0 unspecified atom stereocenters. The smallest absolute Gasteiger partial charge is 0.126 e. The summed E-state index contributed by atoms with van der Waals surface area (Å²) in [4.78, 5) is 2.54. The summed E-state index contributed by atoms with van der Waals surface area (Å²) < 4.78 is 13.8. The number of piperazine rings is 1. The van der Waals surface area contributed by atoms with Crippen molar-refractivity contribution >= 4 is 0 Å². The second-order valence-electron chi connectivity index (χ2n) is 5.52. The summed E-state index contributed by atoms with van der Waals surface area (Å²) in [5, 5.41) is 3.39. The first kappa shape index (κ1) is 12.1. The van der Waals surface area contributed by atoms with Gasteiger partial charge in [-0.15, -0.1) is 0 Å². The summed E-state index contributed by atoms with van der Waals surface area (Å²) in [7, 11) is 0. The third kappa shape index (κ3) is 2.29. The summed E-state index contributed by atoms with van der Waals surface area (Å²) in [6.07, 6.45) is 2.59. The maximum absolute atomic E-state index is 13.8. The molecule has 18 heavy (non-hydrogen) atoms. The second-order valence-corrected chi connectivity index (χ2v) is 5.52. The van der Waals surface area contributed by atoms with Gasteiger partial charge in [-0.05, 0) is 42.9 Å². The van der Waals surface area contributed by atoms with Gasteiger partial charge < -0.3 is 5.32 Å². The van der Waals surface area contributed by atoms with E-state index in [1.807, 2.05) is 13.0 Å². The number of nitrogens with one attached hydrogen (secondary N) is 1. The van der Waals surface area contributed by atoms with Crippen molar-refractivity contribution in [3.8, 4) is 0 Å². The lowest BCUT2D eigenvalue weighted by atomic mass is 9.95. The van der Waals surface area contributed by atoms with Crippen LogP contribution in [-0.2, 0) is 0 Å². The van der Waals surface area contributed by atoms with E-state index in [2.05, 4.69) is 16.3 Å². The van der Waals surface area contributed by atoms with Gasteiger partial charge in [0, 0.05) is 32.2 Å². The van der Waals surface area contributed by atoms with Gasteiger partial charge in [0.1, 0.15) is 5.82 Å². The quantitative estimate of drug-likeness (QED) is 0.884. The van der Waals surface area contributed by atoms with Crippen LogP contribution in [0, 0.1) is 18.7 Å². The van der Waals surface area contributed by atoms with E-state index >= 15 is 0 Å². The first-order valence-corrected chi connectivity index (χ1v) is 6.97. The Labute approximate surface area is 108 Å². The monoisotopic (exact) mass is 248 g/mol. The predicted octanol–water partition coefficient (Wildman–Crippen LogP) is 2.49. The van der Waals surface area contributed by atoms with Crippen LogP contribution in [0.5, 0.6) is 0 Å². The number of hydrogen-bond donors (Lipinski definition) is 1. The van der Waals surface area contributed by atoms with E-state index in [1.165, 1.54) is 18.4 Å². The minimum Gasteiger partial charge on any atom is -0.314 e. The fourth-order valence-corrected chi connectivity index (χ4v) is 3.07.